The van der Waals surface area contributed by atoms with Crippen molar-refractivity contribution in [3.63, 3.8) is 0 Å². The van der Waals surface area contributed by atoms with Crippen LogP contribution in [-0.4, -0.2) is 44.2 Å². The lowest BCUT2D eigenvalue weighted by atomic mass is 9.96. The summed E-state index contributed by atoms with van der Waals surface area (Å²) >= 11 is 17.4. The Balaban J connectivity index is 2.44. The summed E-state index contributed by atoms with van der Waals surface area (Å²) in [5, 5.41) is 1.25. The molecule has 0 fully saturated rings. The van der Waals surface area contributed by atoms with Gasteiger partial charge in [-0.25, -0.2) is 8.42 Å². The van der Waals surface area contributed by atoms with Gasteiger partial charge >= 0.3 is 18.5 Å². The molecule has 4 nitrogen and oxygen atoms in total. The molecule has 0 radical (unpaired) electrons. The Morgan fingerprint density at radius 2 is 1.52 bits per heavy atom. The van der Waals surface area contributed by atoms with Gasteiger partial charge in [0.15, 0.2) is 9.84 Å². The Bertz CT molecular complexity index is 1400. The van der Waals surface area contributed by atoms with E-state index in [1.807, 2.05) is 5.32 Å². The van der Waals surface area contributed by atoms with Crippen LogP contribution in [0.4, 0.5) is 39.5 Å². The molecule has 0 aliphatic rings. The summed E-state index contributed by atoms with van der Waals surface area (Å²) in [4.78, 5) is 12.7. The van der Waals surface area contributed by atoms with Gasteiger partial charge in [-0.2, -0.15) is 39.5 Å². The predicted molar refractivity (Wildman–Crippen MR) is 142 cm³/mol. The second-order valence-electron chi connectivity index (χ2n) is 9.11. The van der Waals surface area contributed by atoms with Gasteiger partial charge in [0.25, 0.3) is 5.91 Å². The molecule has 0 spiro atoms. The van der Waals surface area contributed by atoms with E-state index in [2.05, 4.69) is 0 Å². The molecule has 0 bridgehead atoms. The summed E-state index contributed by atoms with van der Waals surface area (Å²) in [5.41, 5.74) is -3.43. The van der Waals surface area contributed by atoms with Gasteiger partial charge in [-0.3, -0.25) is 4.79 Å². The minimum absolute atomic E-state index is 0.164. The third kappa shape index (κ3) is 10.5. The number of allylic oxidation sites excluding steroid dienone is 1. The molecular formula is C25H21Cl3F9NO3S. The fraction of sp³-hybridized carbons (Fsp3) is 0.400. The van der Waals surface area contributed by atoms with Crippen LogP contribution in [0.25, 0.3) is 6.08 Å². The molecular weight excluding hydrogens is 672 g/mol. The van der Waals surface area contributed by atoms with Gasteiger partial charge in [0, 0.05) is 6.04 Å². The van der Waals surface area contributed by atoms with E-state index in [9.17, 15) is 52.7 Å². The van der Waals surface area contributed by atoms with Gasteiger partial charge in [-0.15, -0.1) is 0 Å². The first kappa shape index (κ1) is 36.0. The first-order chi connectivity index (χ1) is 19.0. The summed E-state index contributed by atoms with van der Waals surface area (Å²) in [7, 11) is -4.78. The maximum atomic E-state index is 13.9. The number of nitrogens with one attached hydrogen (secondary N) is 1. The second-order valence-corrected chi connectivity index (χ2v) is 12.4. The molecule has 0 aliphatic heterocycles. The van der Waals surface area contributed by atoms with Gasteiger partial charge in [-0.1, -0.05) is 66.4 Å². The number of rotatable bonds is 10. The fourth-order valence-electron chi connectivity index (χ4n) is 3.89. The van der Waals surface area contributed by atoms with Crippen molar-refractivity contribution in [3.8, 4) is 0 Å². The Morgan fingerprint density at radius 3 is 2.00 bits per heavy atom. The normalized spacial score (nSPS) is 14.7. The number of benzene rings is 2. The zero-order valence-corrected chi connectivity index (χ0v) is 24.3. The van der Waals surface area contributed by atoms with Crippen molar-refractivity contribution in [2.45, 2.75) is 50.3 Å². The fourth-order valence-corrected chi connectivity index (χ4v) is 5.99. The van der Waals surface area contributed by atoms with E-state index in [4.69, 9.17) is 34.8 Å². The Morgan fingerprint density at radius 1 is 0.952 bits per heavy atom. The number of alkyl halides is 9. The van der Waals surface area contributed by atoms with Crippen LogP contribution in [0.5, 0.6) is 0 Å². The molecule has 0 heterocycles. The number of hydrogen-bond acceptors (Lipinski definition) is 3. The lowest BCUT2D eigenvalue weighted by Gasteiger charge is -2.21. The molecule has 2 aromatic rings. The van der Waals surface area contributed by atoms with Gasteiger partial charge in [0.05, 0.1) is 37.9 Å². The van der Waals surface area contributed by atoms with E-state index in [1.54, 1.807) is 0 Å². The maximum absolute atomic E-state index is 13.9. The molecule has 234 valence electrons. The number of halogens is 12. The van der Waals surface area contributed by atoms with Gasteiger partial charge < -0.3 is 5.32 Å². The van der Waals surface area contributed by atoms with Crippen LogP contribution in [0.1, 0.15) is 52.7 Å². The van der Waals surface area contributed by atoms with E-state index >= 15 is 0 Å². The van der Waals surface area contributed by atoms with Crippen molar-refractivity contribution in [1.82, 2.24) is 5.32 Å². The summed E-state index contributed by atoms with van der Waals surface area (Å²) in [5.74, 6) is -7.16. The average molecular weight is 693 g/mol. The monoisotopic (exact) mass is 691 g/mol. The van der Waals surface area contributed by atoms with Crippen LogP contribution < -0.4 is 5.32 Å². The van der Waals surface area contributed by atoms with Crippen LogP contribution in [0.3, 0.4) is 0 Å². The number of carbonyl (C=O) groups is 1. The van der Waals surface area contributed by atoms with E-state index in [1.165, 1.54) is 6.92 Å². The van der Waals surface area contributed by atoms with Crippen LogP contribution in [0.2, 0.25) is 15.1 Å². The number of hydrogen-bond donors (Lipinski definition) is 1. The first-order valence-electron chi connectivity index (χ1n) is 11.7. The average Bonchev–Trinajstić information content (AvgIpc) is 2.79. The quantitative estimate of drug-likeness (QED) is 0.200. The second kappa shape index (κ2) is 13.6. The molecule has 0 aliphatic carbocycles. The van der Waals surface area contributed by atoms with Crippen molar-refractivity contribution < 1.29 is 52.7 Å². The number of carbonyl (C=O) groups excluding carboxylic acids is 1. The molecule has 17 heteroatoms. The summed E-state index contributed by atoms with van der Waals surface area (Å²) in [6.45, 7) is 1.51. The van der Waals surface area contributed by atoms with Gasteiger partial charge in [0.1, 0.15) is 5.75 Å². The van der Waals surface area contributed by atoms with E-state index in [0.29, 0.717) is 18.2 Å². The number of sulfone groups is 1. The maximum Gasteiger partial charge on any atom is 0.417 e. The Labute approximate surface area is 249 Å². The molecule has 0 saturated heterocycles. The lowest BCUT2D eigenvalue weighted by molar-refractivity contribution is -0.139. The van der Waals surface area contributed by atoms with Crippen LogP contribution in [-0.2, 0) is 16.0 Å². The molecule has 0 aromatic heterocycles. The van der Waals surface area contributed by atoms with Crippen molar-refractivity contribution >= 4 is 56.6 Å². The highest BCUT2D eigenvalue weighted by molar-refractivity contribution is 7.91. The van der Waals surface area contributed by atoms with Crippen molar-refractivity contribution in [3.05, 3.63) is 73.7 Å². The Hall–Kier alpha value is -2.16. The first-order valence-corrected chi connectivity index (χ1v) is 14.7. The molecule has 2 aromatic carbocycles. The third-order valence-electron chi connectivity index (χ3n) is 5.60. The largest absolute Gasteiger partial charge is 0.417 e. The summed E-state index contributed by atoms with van der Waals surface area (Å²) in [6, 6.07) is 2.31. The number of amides is 1. The zero-order valence-electron chi connectivity index (χ0n) is 21.2. The van der Waals surface area contributed by atoms with E-state index < -0.39 is 80.0 Å². The molecule has 1 unspecified atom stereocenters. The molecule has 42 heavy (non-hydrogen) atoms. The van der Waals surface area contributed by atoms with Gasteiger partial charge in [0.2, 0.25) is 0 Å². The van der Waals surface area contributed by atoms with Crippen LogP contribution >= 0.6 is 34.8 Å². The SMILES string of the molecule is CCC[C@H](CS(=O)(=O)CC(F)(F)F)NC(=O)c1ccc(/C=C/C(c2cc(Cl)c(Cl)c(Cl)c2)C(F)(F)F)cc1C(F)(F)F. The van der Waals surface area contributed by atoms with Crippen molar-refractivity contribution in [2.75, 3.05) is 11.5 Å². The third-order valence-corrected chi connectivity index (χ3v) is 8.48. The predicted octanol–water partition coefficient (Wildman–Crippen LogP) is 8.90. The van der Waals surface area contributed by atoms with Crippen LogP contribution in [0.15, 0.2) is 36.4 Å². The van der Waals surface area contributed by atoms with Crippen molar-refractivity contribution in [2.24, 2.45) is 0 Å². The highest BCUT2D eigenvalue weighted by Crippen LogP contribution is 2.41. The zero-order chi connectivity index (χ0) is 32.3. The summed E-state index contributed by atoms with van der Waals surface area (Å²) < 4.78 is 145. The lowest BCUT2D eigenvalue weighted by Crippen LogP contribution is -2.42. The topological polar surface area (TPSA) is 63.2 Å². The smallest absolute Gasteiger partial charge is 0.348 e. The summed E-state index contributed by atoms with van der Waals surface area (Å²) in [6.07, 6.45) is -13.9. The van der Waals surface area contributed by atoms with Crippen LogP contribution in [0, 0.1) is 0 Å². The van der Waals surface area contributed by atoms with Gasteiger partial charge in [-0.05, 0) is 41.8 Å². The molecule has 2 rings (SSSR count). The standard InChI is InChI=1S/C25H21Cl3F9NO3S/c1-2-3-15(11-42(40,41)12-23(29,30)31)38-22(39)16-6-4-13(8-18(16)25(35,36)37)5-7-17(24(32,33)34)14-9-19(26)21(28)20(27)10-14/h4-10,15,17H,2-3,11-12H2,1H3,(H,38,39)/b7-5+/t15-,17?/m1/s1. The Kier molecular flexibility index (Phi) is 11.7. The highest BCUT2D eigenvalue weighted by Gasteiger charge is 2.40. The molecule has 2 atom stereocenters. The molecule has 0 saturated carbocycles. The minimum Gasteiger partial charge on any atom is -0.348 e. The van der Waals surface area contributed by atoms with E-state index in [0.717, 1.165) is 24.3 Å². The molecule has 1 amide bonds. The van der Waals surface area contributed by atoms with Crippen molar-refractivity contribution in [1.29, 1.82) is 0 Å². The minimum atomic E-state index is -5.19. The molecule has 1 N–H and O–H groups in total. The highest BCUT2D eigenvalue weighted by atomic mass is 35.5. The van der Waals surface area contributed by atoms with E-state index in [-0.39, 0.29) is 27.9 Å².